The summed E-state index contributed by atoms with van der Waals surface area (Å²) in [5.74, 6) is 0.637. The summed E-state index contributed by atoms with van der Waals surface area (Å²) in [4.78, 5) is 0. The molecule has 0 saturated heterocycles. The minimum atomic E-state index is -4.36. The van der Waals surface area contributed by atoms with Crippen LogP contribution < -0.4 is 11.1 Å². The molecule has 3 aromatic rings. The molecule has 1 fully saturated rings. The first-order valence-corrected chi connectivity index (χ1v) is 8.82. The van der Waals surface area contributed by atoms with Gasteiger partial charge in [0.2, 0.25) is 0 Å². The third-order valence-corrected chi connectivity index (χ3v) is 5.13. The summed E-state index contributed by atoms with van der Waals surface area (Å²) in [5, 5.41) is 13.5. The van der Waals surface area contributed by atoms with Crippen molar-refractivity contribution in [1.29, 1.82) is 0 Å². The van der Waals surface area contributed by atoms with Gasteiger partial charge >= 0.3 is 6.18 Å². The number of nitrogens with two attached hydrogens (primary N) is 1. The van der Waals surface area contributed by atoms with Crippen LogP contribution in [0.15, 0.2) is 48.5 Å². The zero-order chi connectivity index (χ0) is 19.1. The first-order valence-electron chi connectivity index (χ1n) is 8.82. The Morgan fingerprint density at radius 2 is 1.61 bits per heavy atom. The molecular weight excluding hydrogens is 389 g/mol. The molecule has 2 aromatic carbocycles. The standard InChI is InChI=1S/C20H19F3N4.ClH/c21-20(22,23)14-8-6-13(7-9-14)17-15-4-1-2-5-16(15)18(27-26-17)25-12-19(24)10-3-11-19;/h1-2,4-9H,3,10-12,24H2,(H,25,27);1H. The molecule has 1 saturated carbocycles. The van der Waals surface area contributed by atoms with Gasteiger partial charge in [-0.05, 0) is 31.4 Å². The average molecular weight is 409 g/mol. The number of halogens is 4. The molecule has 0 amide bonds. The van der Waals surface area contributed by atoms with Gasteiger partial charge in [-0.1, -0.05) is 36.4 Å². The van der Waals surface area contributed by atoms with E-state index in [0.29, 0.717) is 23.6 Å². The Labute approximate surface area is 166 Å². The highest BCUT2D eigenvalue weighted by molar-refractivity contribution is 6.00. The molecule has 0 aliphatic heterocycles. The molecule has 0 radical (unpaired) electrons. The van der Waals surface area contributed by atoms with Crippen LogP contribution >= 0.6 is 12.4 Å². The molecular formula is C20H20ClF3N4. The van der Waals surface area contributed by atoms with E-state index in [2.05, 4.69) is 15.5 Å². The van der Waals surface area contributed by atoms with Crippen LogP contribution in [0.4, 0.5) is 19.0 Å². The van der Waals surface area contributed by atoms with E-state index in [4.69, 9.17) is 5.73 Å². The maximum absolute atomic E-state index is 12.8. The topological polar surface area (TPSA) is 63.8 Å². The third-order valence-electron chi connectivity index (χ3n) is 5.13. The first-order chi connectivity index (χ1) is 12.9. The molecule has 4 rings (SSSR count). The second kappa shape index (κ2) is 7.56. The molecule has 0 spiro atoms. The minimum absolute atomic E-state index is 0. The van der Waals surface area contributed by atoms with Crippen LogP contribution in [0.3, 0.4) is 0 Å². The van der Waals surface area contributed by atoms with Gasteiger partial charge in [0.15, 0.2) is 5.82 Å². The number of benzene rings is 2. The second-order valence-corrected chi connectivity index (χ2v) is 7.09. The van der Waals surface area contributed by atoms with Crippen molar-refractivity contribution in [1.82, 2.24) is 10.2 Å². The molecule has 1 aliphatic rings. The number of nitrogens with one attached hydrogen (secondary N) is 1. The van der Waals surface area contributed by atoms with Gasteiger partial charge in [0, 0.05) is 28.4 Å². The molecule has 4 nitrogen and oxygen atoms in total. The summed E-state index contributed by atoms with van der Waals surface area (Å²) in [7, 11) is 0. The van der Waals surface area contributed by atoms with Gasteiger partial charge in [-0.3, -0.25) is 0 Å². The van der Waals surface area contributed by atoms with E-state index in [0.717, 1.165) is 42.2 Å². The Bertz CT molecular complexity index is 969. The van der Waals surface area contributed by atoms with Crippen LogP contribution in [0.25, 0.3) is 22.0 Å². The lowest BCUT2D eigenvalue weighted by Gasteiger charge is -2.38. The summed E-state index contributed by atoms with van der Waals surface area (Å²) < 4.78 is 38.4. The highest BCUT2D eigenvalue weighted by atomic mass is 35.5. The van der Waals surface area contributed by atoms with Gasteiger partial charge in [-0.25, -0.2) is 0 Å². The number of hydrogen-bond donors (Lipinski definition) is 2. The Kier molecular flexibility index (Phi) is 5.50. The van der Waals surface area contributed by atoms with Crippen LogP contribution in [0, 0.1) is 0 Å². The third kappa shape index (κ3) is 3.91. The van der Waals surface area contributed by atoms with E-state index in [-0.39, 0.29) is 17.9 Å². The monoisotopic (exact) mass is 408 g/mol. The van der Waals surface area contributed by atoms with E-state index in [9.17, 15) is 13.2 Å². The van der Waals surface area contributed by atoms with E-state index in [1.165, 1.54) is 12.1 Å². The molecule has 0 unspecified atom stereocenters. The molecule has 1 aliphatic carbocycles. The van der Waals surface area contributed by atoms with Crippen molar-refractivity contribution < 1.29 is 13.2 Å². The molecule has 3 N–H and O–H groups in total. The highest BCUT2D eigenvalue weighted by Crippen LogP contribution is 2.34. The Morgan fingerprint density at radius 3 is 2.18 bits per heavy atom. The molecule has 8 heteroatoms. The molecule has 1 aromatic heterocycles. The molecule has 0 bridgehead atoms. The molecule has 0 atom stereocenters. The van der Waals surface area contributed by atoms with Gasteiger partial charge in [-0.2, -0.15) is 13.2 Å². The van der Waals surface area contributed by atoms with Crippen LogP contribution in [-0.4, -0.2) is 22.3 Å². The maximum Gasteiger partial charge on any atom is 0.416 e. The number of nitrogens with zero attached hydrogens (tertiary/aromatic N) is 2. The van der Waals surface area contributed by atoms with E-state index in [1.807, 2.05) is 24.3 Å². The fourth-order valence-corrected chi connectivity index (χ4v) is 3.33. The van der Waals surface area contributed by atoms with Gasteiger partial charge < -0.3 is 11.1 Å². The first kappa shape index (κ1) is 20.4. The second-order valence-electron chi connectivity index (χ2n) is 7.09. The lowest BCUT2D eigenvalue weighted by Crippen LogP contribution is -2.52. The largest absolute Gasteiger partial charge is 0.416 e. The molecule has 28 heavy (non-hydrogen) atoms. The number of anilines is 1. The van der Waals surface area contributed by atoms with E-state index >= 15 is 0 Å². The number of fused-ring (bicyclic) bond motifs is 1. The van der Waals surface area contributed by atoms with Crippen molar-refractivity contribution in [2.75, 3.05) is 11.9 Å². The van der Waals surface area contributed by atoms with Crippen LogP contribution in [0.5, 0.6) is 0 Å². The highest BCUT2D eigenvalue weighted by Gasteiger charge is 2.32. The van der Waals surface area contributed by atoms with E-state index in [1.54, 1.807) is 0 Å². The predicted molar refractivity (Wildman–Crippen MR) is 106 cm³/mol. The molecule has 1 heterocycles. The van der Waals surface area contributed by atoms with Gasteiger partial charge in [0.25, 0.3) is 0 Å². The van der Waals surface area contributed by atoms with Crippen LogP contribution in [0.1, 0.15) is 24.8 Å². The fourth-order valence-electron chi connectivity index (χ4n) is 3.33. The SMILES string of the molecule is Cl.NC1(CNc2nnc(-c3ccc(C(F)(F)F)cc3)c3ccccc23)CCC1. The van der Waals surface area contributed by atoms with Crippen LogP contribution in [-0.2, 0) is 6.18 Å². The molecule has 148 valence electrons. The number of aromatic nitrogens is 2. The van der Waals surface area contributed by atoms with Crippen molar-refractivity contribution in [3.05, 3.63) is 54.1 Å². The quantitative estimate of drug-likeness (QED) is 0.635. The predicted octanol–water partition coefficient (Wildman–Crippen LogP) is 5.03. The number of rotatable bonds is 4. The van der Waals surface area contributed by atoms with Gasteiger partial charge in [0.05, 0.1) is 5.56 Å². The lowest BCUT2D eigenvalue weighted by molar-refractivity contribution is -0.137. The van der Waals surface area contributed by atoms with Crippen molar-refractivity contribution in [2.45, 2.75) is 31.0 Å². The van der Waals surface area contributed by atoms with Crippen LogP contribution in [0.2, 0.25) is 0 Å². The summed E-state index contributed by atoms with van der Waals surface area (Å²) >= 11 is 0. The van der Waals surface area contributed by atoms with Crippen molar-refractivity contribution in [2.24, 2.45) is 5.73 Å². The summed E-state index contributed by atoms with van der Waals surface area (Å²) in [6.45, 7) is 0.616. The van der Waals surface area contributed by atoms with Crippen molar-refractivity contribution in [3.8, 4) is 11.3 Å². The maximum atomic E-state index is 12.8. The number of hydrogen-bond acceptors (Lipinski definition) is 4. The summed E-state index contributed by atoms with van der Waals surface area (Å²) in [5.41, 5.74) is 6.52. The van der Waals surface area contributed by atoms with E-state index < -0.39 is 11.7 Å². The van der Waals surface area contributed by atoms with Gasteiger partial charge in [0.1, 0.15) is 5.69 Å². The average Bonchev–Trinajstić information content (AvgIpc) is 2.64. The zero-order valence-corrected chi connectivity index (χ0v) is 15.8. The Hall–Kier alpha value is -2.38. The zero-order valence-electron chi connectivity index (χ0n) is 15.0. The van der Waals surface area contributed by atoms with Crippen molar-refractivity contribution in [3.63, 3.8) is 0 Å². The smallest absolute Gasteiger partial charge is 0.366 e. The summed E-state index contributed by atoms with van der Waals surface area (Å²) in [6, 6.07) is 12.6. The van der Waals surface area contributed by atoms with Gasteiger partial charge in [-0.15, -0.1) is 22.6 Å². The number of alkyl halides is 3. The Balaban J connectivity index is 0.00000225. The summed E-state index contributed by atoms with van der Waals surface area (Å²) in [6.07, 6.45) is -1.26. The fraction of sp³-hybridized carbons (Fsp3) is 0.300. The normalized spacial score (nSPS) is 15.6. The van der Waals surface area contributed by atoms with Crippen molar-refractivity contribution >= 4 is 29.0 Å². The lowest BCUT2D eigenvalue weighted by atomic mass is 9.78. The Morgan fingerprint density at radius 1 is 0.964 bits per heavy atom. The minimum Gasteiger partial charge on any atom is -0.366 e.